The summed E-state index contributed by atoms with van der Waals surface area (Å²) in [5, 5.41) is 0.355. The highest BCUT2D eigenvalue weighted by Crippen LogP contribution is 2.21. The largest absolute Gasteiger partial charge is 0.396 e. The Kier molecular flexibility index (Phi) is 3.75. The fraction of sp³-hybridized carbons (Fsp3) is 0.200. The van der Waals surface area contributed by atoms with E-state index in [4.69, 9.17) is 23.1 Å². The molecule has 4 N–H and O–H groups in total. The molecule has 74 valence electrons. The summed E-state index contributed by atoms with van der Waals surface area (Å²) in [6.45, 7) is 0.474. The lowest BCUT2D eigenvalue weighted by atomic mass is 10.2. The highest BCUT2D eigenvalue weighted by atomic mass is 35.5. The van der Waals surface area contributed by atoms with Crippen LogP contribution in [0.5, 0.6) is 0 Å². The molecule has 0 fully saturated rings. The van der Waals surface area contributed by atoms with Crippen molar-refractivity contribution in [3.63, 3.8) is 0 Å². The first-order valence-electron chi connectivity index (χ1n) is 4.08. The molecule has 0 atom stereocenters. The number of benzene rings is 1. The zero-order chi connectivity index (χ0) is 10.6. The van der Waals surface area contributed by atoms with Crippen molar-refractivity contribution < 1.29 is 4.39 Å². The Morgan fingerprint density at radius 3 is 2.79 bits per heavy atom. The fourth-order valence-corrected chi connectivity index (χ4v) is 1.11. The molecule has 1 aromatic carbocycles. The Balaban J connectivity index is 3.00. The minimum atomic E-state index is -0.508. The first-order chi connectivity index (χ1) is 6.65. The molecule has 0 heterocycles. The van der Waals surface area contributed by atoms with Gasteiger partial charge in [-0.2, -0.15) is 0 Å². The zero-order valence-corrected chi connectivity index (χ0v) is 8.24. The molecule has 1 aromatic rings. The Labute approximate surface area is 87.0 Å². The summed E-state index contributed by atoms with van der Waals surface area (Å²) in [5.74, 6) is 4.99. The average Bonchev–Trinajstić information content (AvgIpc) is 2.14. The molecule has 0 aromatic heterocycles. The Hall–Kier alpha value is -1.24. The van der Waals surface area contributed by atoms with Crippen LogP contribution in [0.4, 0.5) is 10.1 Å². The van der Waals surface area contributed by atoms with Crippen LogP contribution in [0.15, 0.2) is 12.1 Å². The summed E-state index contributed by atoms with van der Waals surface area (Å²) >= 11 is 5.80. The maximum atomic E-state index is 13.0. The van der Waals surface area contributed by atoms with E-state index in [1.54, 1.807) is 0 Å². The lowest BCUT2D eigenvalue weighted by Crippen LogP contribution is -1.96. The highest BCUT2D eigenvalue weighted by molar-refractivity contribution is 6.32. The number of halogens is 2. The lowest BCUT2D eigenvalue weighted by Gasteiger charge is -1.99. The van der Waals surface area contributed by atoms with Crippen LogP contribution in [-0.4, -0.2) is 6.54 Å². The van der Waals surface area contributed by atoms with Crippen LogP contribution in [-0.2, 0) is 0 Å². The van der Waals surface area contributed by atoms with E-state index in [-0.39, 0.29) is 5.69 Å². The molecule has 0 radical (unpaired) electrons. The van der Waals surface area contributed by atoms with Gasteiger partial charge in [-0.3, -0.25) is 0 Å². The van der Waals surface area contributed by atoms with Crippen LogP contribution in [0, 0.1) is 17.7 Å². The van der Waals surface area contributed by atoms with Gasteiger partial charge in [0.1, 0.15) is 5.82 Å². The van der Waals surface area contributed by atoms with E-state index in [2.05, 4.69) is 11.8 Å². The molecule has 0 aliphatic rings. The lowest BCUT2D eigenvalue weighted by molar-refractivity contribution is 0.632. The minimum absolute atomic E-state index is 0.0272. The second-order valence-electron chi connectivity index (χ2n) is 2.69. The van der Waals surface area contributed by atoms with Crippen molar-refractivity contribution in [3.05, 3.63) is 28.5 Å². The molecule has 0 aliphatic heterocycles. The van der Waals surface area contributed by atoms with Gasteiger partial charge in [-0.05, 0) is 12.1 Å². The van der Waals surface area contributed by atoms with Crippen LogP contribution in [0.2, 0.25) is 5.02 Å². The average molecular weight is 213 g/mol. The quantitative estimate of drug-likeness (QED) is 0.551. The van der Waals surface area contributed by atoms with Gasteiger partial charge in [-0.25, -0.2) is 4.39 Å². The first kappa shape index (κ1) is 10.8. The third-order valence-electron chi connectivity index (χ3n) is 1.58. The number of nitrogen functional groups attached to an aromatic ring is 1. The van der Waals surface area contributed by atoms with Gasteiger partial charge in [-0.1, -0.05) is 23.4 Å². The second-order valence-corrected chi connectivity index (χ2v) is 3.10. The number of nitrogens with two attached hydrogens (primary N) is 2. The first-order valence-corrected chi connectivity index (χ1v) is 4.46. The molecular formula is C10H10ClFN2. The molecule has 0 aliphatic carbocycles. The van der Waals surface area contributed by atoms with Gasteiger partial charge in [0, 0.05) is 18.5 Å². The van der Waals surface area contributed by atoms with Gasteiger partial charge < -0.3 is 11.5 Å². The molecular weight excluding hydrogens is 203 g/mol. The number of rotatable bonds is 1. The van der Waals surface area contributed by atoms with Crippen molar-refractivity contribution >= 4 is 17.3 Å². The highest BCUT2D eigenvalue weighted by Gasteiger charge is 2.03. The monoisotopic (exact) mass is 212 g/mol. The van der Waals surface area contributed by atoms with Crippen molar-refractivity contribution in [2.45, 2.75) is 6.42 Å². The van der Waals surface area contributed by atoms with E-state index in [1.165, 1.54) is 12.1 Å². The molecule has 0 bridgehead atoms. The summed E-state index contributed by atoms with van der Waals surface area (Å²) in [7, 11) is 0. The smallest absolute Gasteiger partial charge is 0.147 e. The van der Waals surface area contributed by atoms with Crippen molar-refractivity contribution in [2.24, 2.45) is 5.73 Å². The Bertz CT molecular complexity index is 393. The molecule has 0 amide bonds. The van der Waals surface area contributed by atoms with Crippen LogP contribution in [0.3, 0.4) is 0 Å². The van der Waals surface area contributed by atoms with E-state index in [9.17, 15) is 4.39 Å². The molecule has 14 heavy (non-hydrogen) atoms. The van der Waals surface area contributed by atoms with E-state index in [0.717, 1.165) is 0 Å². The number of hydrogen-bond donors (Lipinski definition) is 2. The van der Waals surface area contributed by atoms with Crippen molar-refractivity contribution in [3.8, 4) is 11.8 Å². The van der Waals surface area contributed by atoms with Gasteiger partial charge in [0.15, 0.2) is 0 Å². The third kappa shape index (κ3) is 2.63. The van der Waals surface area contributed by atoms with Gasteiger partial charge in [0.05, 0.1) is 10.7 Å². The van der Waals surface area contributed by atoms with Gasteiger partial charge in [-0.15, -0.1) is 0 Å². The van der Waals surface area contributed by atoms with Crippen molar-refractivity contribution in [1.29, 1.82) is 0 Å². The maximum Gasteiger partial charge on any atom is 0.147 e. The second kappa shape index (κ2) is 4.85. The summed E-state index contributed by atoms with van der Waals surface area (Å²) in [6.07, 6.45) is 0.558. The van der Waals surface area contributed by atoms with E-state index in [0.29, 0.717) is 23.6 Å². The Morgan fingerprint density at radius 1 is 1.43 bits per heavy atom. The molecule has 0 saturated heterocycles. The van der Waals surface area contributed by atoms with Crippen LogP contribution in [0.25, 0.3) is 0 Å². The molecule has 2 nitrogen and oxygen atoms in total. The van der Waals surface area contributed by atoms with Crippen LogP contribution < -0.4 is 11.5 Å². The van der Waals surface area contributed by atoms with Crippen molar-refractivity contribution in [1.82, 2.24) is 0 Å². The summed E-state index contributed by atoms with van der Waals surface area (Å²) in [5.41, 5.74) is 11.0. The summed E-state index contributed by atoms with van der Waals surface area (Å²) in [4.78, 5) is 0. The zero-order valence-electron chi connectivity index (χ0n) is 7.48. The van der Waals surface area contributed by atoms with Gasteiger partial charge >= 0.3 is 0 Å². The molecule has 0 spiro atoms. The van der Waals surface area contributed by atoms with Gasteiger partial charge in [0.25, 0.3) is 0 Å². The SMILES string of the molecule is NCCC#Cc1cc(F)c(N)cc1Cl. The molecule has 0 saturated carbocycles. The molecule has 4 heteroatoms. The van der Waals surface area contributed by atoms with E-state index < -0.39 is 5.82 Å². The molecule has 1 rings (SSSR count). The van der Waals surface area contributed by atoms with Gasteiger partial charge in [0.2, 0.25) is 0 Å². The van der Waals surface area contributed by atoms with Crippen LogP contribution >= 0.6 is 11.6 Å². The van der Waals surface area contributed by atoms with Crippen molar-refractivity contribution in [2.75, 3.05) is 12.3 Å². The number of anilines is 1. The Morgan fingerprint density at radius 2 is 2.14 bits per heavy atom. The summed E-state index contributed by atoms with van der Waals surface area (Å²) < 4.78 is 13.0. The minimum Gasteiger partial charge on any atom is -0.396 e. The number of hydrogen-bond acceptors (Lipinski definition) is 2. The summed E-state index contributed by atoms with van der Waals surface area (Å²) in [6, 6.07) is 2.57. The van der Waals surface area contributed by atoms with E-state index in [1.807, 2.05) is 0 Å². The van der Waals surface area contributed by atoms with Crippen LogP contribution in [0.1, 0.15) is 12.0 Å². The predicted octanol–water partition coefficient (Wildman–Crippen LogP) is 1.76. The normalized spacial score (nSPS) is 9.36. The molecule has 0 unspecified atom stereocenters. The standard InChI is InChI=1S/C10H10ClFN2/c11-8-6-10(14)9(12)5-7(8)3-1-2-4-13/h5-6H,2,4,13-14H2. The maximum absolute atomic E-state index is 13.0. The topological polar surface area (TPSA) is 52.0 Å². The van der Waals surface area contributed by atoms with E-state index >= 15 is 0 Å². The fourth-order valence-electron chi connectivity index (χ4n) is 0.888. The predicted molar refractivity (Wildman–Crippen MR) is 56.4 cm³/mol. The third-order valence-corrected chi connectivity index (χ3v) is 1.89.